The first-order valence-electron chi connectivity index (χ1n) is 17.8. The first-order chi connectivity index (χ1) is 19.3. The lowest BCUT2D eigenvalue weighted by Gasteiger charge is -2.19. The Morgan fingerprint density at radius 3 is 1.23 bits per heavy atom. The number of rotatable bonds is 34. The third-order valence-electron chi connectivity index (χ3n) is 7.88. The predicted octanol–water partition coefficient (Wildman–Crippen LogP) is 11.9. The second-order valence-electron chi connectivity index (χ2n) is 11.9. The predicted molar refractivity (Wildman–Crippen MR) is 173 cm³/mol. The first-order valence-corrected chi connectivity index (χ1v) is 17.8. The van der Waals surface area contributed by atoms with Gasteiger partial charge in [0.2, 0.25) is 0 Å². The van der Waals surface area contributed by atoms with Crippen LogP contribution in [0.1, 0.15) is 194 Å². The van der Waals surface area contributed by atoms with Gasteiger partial charge < -0.3 is 14.6 Å². The summed E-state index contributed by atoms with van der Waals surface area (Å²) in [6.45, 7) is 6.59. The fraction of sp³-hybridized carbons (Fsp3) is 0.944. The van der Waals surface area contributed by atoms with Crippen LogP contribution in [-0.4, -0.2) is 31.2 Å². The Hall–Kier alpha value is -0.380. The van der Waals surface area contributed by atoms with Gasteiger partial charge in [-0.25, -0.2) is 0 Å². The van der Waals surface area contributed by atoms with Crippen molar-refractivity contribution in [1.29, 1.82) is 0 Å². The molecule has 0 aliphatic carbocycles. The lowest BCUT2D eigenvalue weighted by atomic mass is 10.1. The molecule has 0 saturated carbocycles. The molecule has 234 valence electrons. The van der Waals surface area contributed by atoms with E-state index in [1.54, 1.807) is 0 Å². The number of aliphatic hydroxyl groups excluding tert-OH is 1. The van der Waals surface area contributed by atoms with E-state index < -0.39 is 0 Å². The van der Waals surface area contributed by atoms with Crippen LogP contribution in [0.15, 0.2) is 12.2 Å². The molecule has 0 aliphatic heterocycles. The van der Waals surface area contributed by atoms with Crippen LogP contribution in [0.4, 0.5) is 0 Å². The van der Waals surface area contributed by atoms with Crippen molar-refractivity contribution < 1.29 is 14.6 Å². The molecule has 0 aromatic rings. The van der Waals surface area contributed by atoms with Crippen LogP contribution < -0.4 is 0 Å². The van der Waals surface area contributed by atoms with Gasteiger partial charge in [0.25, 0.3) is 0 Å². The summed E-state index contributed by atoms with van der Waals surface area (Å²) in [5.41, 5.74) is 0. The summed E-state index contributed by atoms with van der Waals surface area (Å²) in [6.07, 6.45) is 41.0. The molecule has 0 spiro atoms. The van der Waals surface area contributed by atoms with Crippen molar-refractivity contribution in [2.24, 2.45) is 0 Å². The topological polar surface area (TPSA) is 38.7 Å². The Balaban J connectivity index is 3.85. The van der Waals surface area contributed by atoms with Gasteiger partial charge >= 0.3 is 0 Å². The summed E-state index contributed by atoms with van der Waals surface area (Å²) >= 11 is 0. The Labute approximate surface area is 246 Å². The van der Waals surface area contributed by atoms with Crippen molar-refractivity contribution in [3.63, 3.8) is 0 Å². The van der Waals surface area contributed by atoms with Crippen LogP contribution in [0.25, 0.3) is 0 Å². The molecule has 3 nitrogen and oxygen atoms in total. The number of unbranched alkanes of at least 4 members (excludes halogenated alkanes) is 23. The highest BCUT2D eigenvalue weighted by atomic mass is 16.7. The van der Waals surface area contributed by atoms with E-state index in [2.05, 4.69) is 26.0 Å². The first kappa shape index (κ1) is 38.6. The normalized spacial score (nSPS) is 11.9. The largest absolute Gasteiger partial charge is 0.396 e. The zero-order valence-corrected chi connectivity index (χ0v) is 26.9. The molecule has 0 fully saturated rings. The molecule has 3 heteroatoms. The summed E-state index contributed by atoms with van der Waals surface area (Å²) in [7, 11) is 0. The second kappa shape index (κ2) is 35.6. The fourth-order valence-corrected chi connectivity index (χ4v) is 5.24. The second-order valence-corrected chi connectivity index (χ2v) is 11.9. The minimum absolute atomic E-state index is 0.0190. The molecule has 0 unspecified atom stereocenters. The van der Waals surface area contributed by atoms with Gasteiger partial charge in [-0.3, -0.25) is 0 Å². The number of hydrogen-bond donors (Lipinski definition) is 1. The van der Waals surface area contributed by atoms with Crippen molar-refractivity contribution in [1.82, 2.24) is 0 Å². The van der Waals surface area contributed by atoms with E-state index in [-0.39, 0.29) is 12.9 Å². The molecule has 0 aliphatic rings. The molecule has 0 rings (SSSR count). The van der Waals surface area contributed by atoms with E-state index in [1.807, 2.05) is 0 Å². The van der Waals surface area contributed by atoms with Gasteiger partial charge in [0.15, 0.2) is 6.29 Å². The van der Waals surface area contributed by atoms with Gasteiger partial charge in [-0.1, -0.05) is 161 Å². The van der Waals surface area contributed by atoms with Gasteiger partial charge in [-0.15, -0.1) is 0 Å². The fourth-order valence-electron chi connectivity index (χ4n) is 5.24. The van der Waals surface area contributed by atoms with Crippen molar-refractivity contribution in [2.45, 2.75) is 200 Å². The van der Waals surface area contributed by atoms with Crippen molar-refractivity contribution in [2.75, 3.05) is 19.8 Å². The quantitative estimate of drug-likeness (QED) is 0.0490. The minimum atomic E-state index is 0.0190. The Bertz CT molecular complexity index is 429. The van der Waals surface area contributed by atoms with E-state index in [0.29, 0.717) is 0 Å². The third kappa shape index (κ3) is 33.7. The van der Waals surface area contributed by atoms with E-state index in [0.717, 1.165) is 26.1 Å². The van der Waals surface area contributed by atoms with Crippen LogP contribution in [0, 0.1) is 0 Å². The maximum absolute atomic E-state index is 8.78. The number of allylic oxidation sites excluding steroid dienone is 1. The van der Waals surface area contributed by atoms with Crippen LogP contribution >= 0.6 is 0 Å². The third-order valence-corrected chi connectivity index (χ3v) is 7.88. The van der Waals surface area contributed by atoms with Gasteiger partial charge in [0.05, 0.1) is 0 Å². The molecular formula is C36H72O3. The average Bonchev–Trinajstić information content (AvgIpc) is 2.95. The molecule has 0 bridgehead atoms. The highest BCUT2D eigenvalue weighted by molar-refractivity contribution is 4.80. The van der Waals surface area contributed by atoms with Gasteiger partial charge in [0.1, 0.15) is 0 Å². The molecular weight excluding hydrogens is 480 g/mol. The molecule has 0 aromatic heterocycles. The number of aliphatic hydroxyl groups is 1. The zero-order valence-electron chi connectivity index (χ0n) is 26.9. The summed E-state index contributed by atoms with van der Waals surface area (Å²) in [4.78, 5) is 0. The number of hydrogen-bond acceptors (Lipinski definition) is 3. The minimum Gasteiger partial charge on any atom is -0.396 e. The lowest BCUT2D eigenvalue weighted by Crippen LogP contribution is -2.19. The molecule has 0 atom stereocenters. The van der Waals surface area contributed by atoms with Crippen molar-refractivity contribution in [3.8, 4) is 0 Å². The molecule has 0 radical (unpaired) electrons. The van der Waals surface area contributed by atoms with Crippen molar-refractivity contribution >= 4 is 0 Å². The Morgan fingerprint density at radius 2 is 0.795 bits per heavy atom. The van der Waals surface area contributed by atoms with Crippen LogP contribution in [0.3, 0.4) is 0 Å². The molecule has 39 heavy (non-hydrogen) atoms. The monoisotopic (exact) mass is 553 g/mol. The van der Waals surface area contributed by atoms with Crippen molar-refractivity contribution in [3.05, 3.63) is 12.2 Å². The Morgan fingerprint density at radius 1 is 0.436 bits per heavy atom. The zero-order chi connectivity index (χ0) is 28.3. The van der Waals surface area contributed by atoms with Crippen LogP contribution in [0.2, 0.25) is 0 Å². The molecule has 1 N–H and O–H groups in total. The maximum Gasteiger partial charge on any atom is 0.157 e. The lowest BCUT2D eigenvalue weighted by molar-refractivity contribution is -0.148. The van der Waals surface area contributed by atoms with E-state index in [4.69, 9.17) is 14.6 Å². The summed E-state index contributed by atoms with van der Waals surface area (Å²) in [5.74, 6) is 0. The maximum atomic E-state index is 8.78. The molecule has 0 saturated heterocycles. The number of ether oxygens (including phenoxy) is 2. The standard InChI is InChI=1S/C36H72O3/c1-3-5-7-9-11-22-26-30-34-38-36(39-35-31-27-23-12-10-8-6-4-2)32-28-24-20-18-16-14-13-15-17-19-21-25-29-33-37/h21,25,36-37H,3-20,22-24,26-35H2,1-2H3/b25-21-. The molecule has 0 amide bonds. The van der Waals surface area contributed by atoms with E-state index in [1.165, 1.54) is 167 Å². The average molecular weight is 553 g/mol. The molecule has 0 aromatic carbocycles. The highest BCUT2D eigenvalue weighted by Crippen LogP contribution is 2.16. The van der Waals surface area contributed by atoms with Gasteiger partial charge in [-0.05, 0) is 44.9 Å². The smallest absolute Gasteiger partial charge is 0.157 e. The van der Waals surface area contributed by atoms with E-state index >= 15 is 0 Å². The summed E-state index contributed by atoms with van der Waals surface area (Å²) < 4.78 is 12.5. The van der Waals surface area contributed by atoms with Gasteiger partial charge in [0, 0.05) is 19.8 Å². The summed E-state index contributed by atoms with van der Waals surface area (Å²) in [6, 6.07) is 0. The summed E-state index contributed by atoms with van der Waals surface area (Å²) in [5, 5.41) is 8.78. The SMILES string of the molecule is CCCCCCCCCCOC(CCCCCCCCCCC/C=C\CCO)OCCCCCCCCCC. The van der Waals surface area contributed by atoms with Crippen LogP contribution in [0.5, 0.6) is 0 Å². The Kier molecular flexibility index (Phi) is 35.3. The van der Waals surface area contributed by atoms with Gasteiger partial charge in [-0.2, -0.15) is 0 Å². The molecule has 0 heterocycles. The van der Waals surface area contributed by atoms with E-state index in [9.17, 15) is 0 Å². The highest BCUT2D eigenvalue weighted by Gasteiger charge is 2.09. The van der Waals surface area contributed by atoms with Crippen LogP contribution in [-0.2, 0) is 9.47 Å².